The van der Waals surface area contributed by atoms with Gasteiger partial charge in [-0.1, -0.05) is 69.1 Å². The molecule has 1 amide bonds. The number of amides is 1. The SMILES string of the molecule is CC(C)c1ccc(C2C(C#N)=C(SCC(=O)NC3CCCCC3)NC3=C2C(=O)CCC3)cc1. The van der Waals surface area contributed by atoms with Crippen molar-refractivity contribution < 1.29 is 9.59 Å². The van der Waals surface area contributed by atoms with Gasteiger partial charge in [0.05, 0.1) is 28.3 Å². The van der Waals surface area contributed by atoms with Crippen LogP contribution in [0.2, 0.25) is 0 Å². The maximum atomic E-state index is 12.9. The van der Waals surface area contributed by atoms with E-state index in [2.05, 4.69) is 42.7 Å². The highest BCUT2D eigenvalue weighted by Crippen LogP contribution is 2.44. The molecule has 0 aromatic heterocycles. The summed E-state index contributed by atoms with van der Waals surface area (Å²) in [6.45, 7) is 4.30. The Morgan fingerprint density at radius 1 is 1.15 bits per heavy atom. The van der Waals surface area contributed by atoms with Crippen LogP contribution in [0.25, 0.3) is 0 Å². The minimum Gasteiger partial charge on any atom is -0.353 e. The van der Waals surface area contributed by atoms with Crippen molar-refractivity contribution in [3.05, 3.63) is 57.3 Å². The molecule has 3 aliphatic rings. The number of carbonyl (C=O) groups excluding carboxylic acids is 2. The van der Waals surface area contributed by atoms with Crippen molar-refractivity contribution in [3.63, 3.8) is 0 Å². The van der Waals surface area contributed by atoms with Gasteiger partial charge < -0.3 is 10.6 Å². The van der Waals surface area contributed by atoms with E-state index in [9.17, 15) is 14.9 Å². The highest BCUT2D eigenvalue weighted by molar-refractivity contribution is 8.03. The van der Waals surface area contributed by atoms with Crippen molar-refractivity contribution in [1.82, 2.24) is 10.6 Å². The molecule has 1 aromatic carbocycles. The fourth-order valence-electron chi connectivity index (χ4n) is 5.10. The molecular formula is C27H33N3O2S. The monoisotopic (exact) mass is 463 g/mol. The summed E-state index contributed by atoms with van der Waals surface area (Å²) in [5.74, 6) is 0.436. The Balaban J connectivity index is 1.59. The van der Waals surface area contributed by atoms with Gasteiger partial charge in [-0.3, -0.25) is 9.59 Å². The summed E-state index contributed by atoms with van der Waals surface area (Å²) in [4.78, 5) is 25.5. The Kier molecular flexibility index (Phi) is 7.60. The van der Waals surface area contributed by atoms with E-state index in [1.54, 1.807) is 0 Å². The van der Waals surface area contributed by atoms with E-state index in [-0.39, 0.29) is 29.4 Å². The Morgan fingerprint density at radius 3 is 2.55 bits per heavy atom. The largest absolute Gasteiger partial charge is 0.353 e. The number of nitrogens with one attached hydrogen (secondary N) is 2. The van der Waals surface area contributed by atoms with E-state index in [4.69, 9.17) is 0 Å². The molecule has 1 fully saturated rings. The van der Waals surface area contributed by atoms with Gasteiger partial charge in [0, 0.05) is 23.7 Å². The van der Waals surface area contributed by atoms with Gasteiger partial charge in [0.25, 0.3) is 0 Å². The molecular weight excluding hydrogens is 430 g/mol. The summed E-state index contributed by atoms with van der Waals surface area (Å²) in [5, 5.41) is 17.4. The third-order valence-corrected chi connectivity index (χ3v) is 7.93. The quantitative estimate of drug-likeness (QED) is 0.589. The maximum absolute atomic E-state index is 12.9. The first-order valence-electron chi connectivity index (χ1n) is 12.2. The average molecular weight is 464 g/mol. The predicted molar refractivity (Wildman–Crippen MR) is 132 cm³/mol. The molecule has 0 radical (unpaired) electrons. The standard InChI is InChI=1S/C27H33N3O2S/c1-17(2)18-11-13-19(14-12-18)25-21(15-28)27(30-22-9-6-10-23(31)26(22)25)33-16-24(32)29-20-7-4-3-5-8-20/h11-14,17,20,25,30H,3-10,16H2,1-2H3,(H,29,32). The first-order valence-corrected chi connectivity index (χ1v) is 13.2. The number of nitriles is 1. The molecule has 2 aliphatic carbocycles. The van der Waals surface area contributed by atoms with E-state index in [0.29, 0.717) is 22.9 Å². The Morgan fingerprint density at radius 2 is 1.88 bits per heavy atom. The Bertz CT molecular complexity index is 1010. The zero-order valence-electron chi connectivity index (χ0n) is 19.6. The molecule has 1 unspecified atom stereocenters. The first kappa shape index (κ1) is 23.6. The molecule has 33 heavy (non-hydrogen) atoms. The average Bonchev–Trinajstić information content (AvgIpc) is 2.82. The van der Waals surface area contributed by atoms with Crippen LogP contribution in [0.15, 0.2) is 46.1 Å². The number of nitrogens with zero attached hydrogens (tertiary/aromatic N) is 1. The third-order valence-electron chi connectivity index (χ3n) is 6.92. The van der Waals surface area contributed by atoms with Crippen LogP contribution in [0, 0.1) is 11.3 Å². The zero-order valence-corrected chi connectivity index (χ0v) is 20.4. The Hall–Kier alpha value is -2.52. The topological polar surface area (TPSA) is 82.0 Å². The predicted octanol–water partition coefficient (Wildman–Crippen LogP) is 5.42. The second-order valence-corrected chi connectivity index (χ2v) is 10.6. The van der Waals surface area contributed by atoms with Gasteiger partial charge in [0.2, 0.25) is 5.91 Å². The van der Waals surface area contributed by atoms with E-state index >= 15 is 0 Å². The van der Waals surface area contributed by atoms with Crippen LogP contribution in [0.3, 0.4) is 0 Å². The summed E-state index contributed by atoms with van der Waals surface area (Å²) in [7, 11) is 0. The molecule has 0 saturated heterocycles. The van der Waals surface area contributed by atoms with Crippen molar-refractivity contribution in [2.45, 2.75) is 83.1 Å². The molecule has 1 heterocycles. The first-order chi connectivity index (χ1) is 16.0. The van der Waals surface area contributed by atoms with Crippen LogP contribution in [-0.4, -0.2) is 23.5 Å². The number of rotatable bonds is 6. The van der Waals surface area contributed by atoms with Gasteiger partial charge in [-0.2, -0.15) is 5.26 Å². The summed E-state index contributed by atoms with van der Waals surface area (Å²) < 4.78 is 0. The lowest BCUT2D eigenvalue weighted by atomic mass is 9.76. The number of allylic oxidation sites excluding steroid dienone is 3. The van der Waals surface area contributed by atoms with E-state index < -0.39 is 0 Å². The zero-order chi connectivity index (χ0) is 23.4. The van der Waals surface area contributed by atoms with Crippen LogP contribution in [0.5, 0.6) is 0 Å². The van der Waals surface area contributed by atoms with Crippen molar-refractivity contribution in [3.8, 4) is 6.07 Å². The van der Waals surface area contributed by atoms with Gasteiger partial charge >= 0.3 is 0 Å². The van der Waals surface area contributed by atoms with Gasteiger partial charge in [-0.05, 0) is 42.7 Å². The highest BCUT2D eigenvalue weighted by Gasteiger charge is 2.37. The number of benzene rings is 1. The van der Waals surface area contributed by atoms with Crippen molar-refractivity contribution in [2.24, 2.45) is 0 Å². The van der Waals surface area contributed by atoms with Crippen LogP contribution < -0.4 is 10.6 Å². The lowest BCUT2D eigenvalue weighted by Gasteiger charge is -2.33. The third kappa shape index (κ3) is 5.35. The molecule has 0 bridgehead atoms. The van der Waals surface area contributed by atoms with Crippen molar-refractivity contribution >= 4 is 23.5 Å². The molecule has 1 aromatic rings. The molecule has 5 nitrogen and oxygen atoms in total. The van der Waals surface area contributed by atoms with Gasteiger partial charge in [0.1, 0.15) is 0 Å². The molecule has 1 atom stereocenters. The number of hydrogen-bond donors (Lipinski definition) is 2. The summed E-state index contributed by atoms with van der Waals surface area (Å²) in [6, 6.07) is 10.9. The van der Waals surface area contributed by atoms with E-state index in [0.717, 1.165) is 42.5 Å². The van der Waals surface area contributed by atoms with Crippen molar-refractivity contribution in [2.75, 3.05) is 5.75 Å². The fraction of sp³-hybridized carbons (Fsp3) is 0.519. The fourth-order valence-corrected chi connectivity index (χ4v) is 5.97. The molecule has 0 spiro atoms. The van der Waals surface area contributed by atoms with E-state index in [1.165, 1.54) is 36.6 Å². The number of ketones is 1. The minimum atomic E-state index is -0.371. The lowest BCUT2D eigenvalue weighted by Crippen LogP contribution is -2.37. The number of thioether (sulfide) groups is 1. The summed E-state index contributed by atoms with van der Waals surface area (Å²) in [5.41, 5.74) is 4.37. The molecule has 6 heteroatoms. The normalized spacial score (nSPS) is 21.5. The molecule has 2 N–H and O–H groups in total. The van der Waals surface area contributed by atoms with Crippen LogP contribution >= 0.6 is 11.8 Å². The van der Waals surface area contributed by atoms with Gasteiger partial charge in [0.15, 0.2) is 5.78 Å². The van der Waals surface area contributed by atoms with Crippen LogP contribution in [-0.2, 0) is 9.59 Å². The van der Waals surface area contributed by atoms with Crippen molar-refractivity contribution in [1.29, 1.82) is 5.26 Å². The highest BCUT2D eigenvalue weighted by atomic mass is 32.2. The molecule has 4 rings (SSSR count). The molecule has 1 saturated carbocycles. The second kappa shape index (κ2) is 10.6. The number of dihydropyridines is 1. The smallest absolute Gasteiger partial charge is 0.230 e. The summed E-state index contributed by atoms with van der Waals surface area (Å²) in [6.07, 6.45) is 7.81. The van der Waals surface area contributed by atoms with E-state index in [1.807, 2.05) is 12.1 Å². The van der Waals surface area contributed by atoms with Crippen LogP contribution in [0.1, 0.15) is 88.2 Å². The Labute approximate surface area is 201 Å². The number of carbonyl (C=O) groups is 2. The lowest BCUT2D eigenvalue weighted by molar-refractivity contribution is -0.119. The van der Waals surface area contributed by atoms with Gasteiger partial charge in [-0.15, -0.1) is 0 Å². The summed E-state index contributed by atoms with van der Waals surface area (Å²) >= 11 is 1.38. The number of hydrogen-bond acceptors (Lipinski definition) is 5. The maximum Gasteiger partial charge on any atom is 0.230 e. The van der Waals surface area contributed by atoms with Gasteiger partial charge in [-0.25, -0.2) is 0 Å². The molecule has 1 aliphatic heterocycles. The minimum absolute atomic E-state index is 0.0100. The van der Waals surface area contributed by atoms with Crippen LogP contribution in [0.4, 0.5) is 0 Å². The second-order valence-electron chi connectivity index (χ2n) is 9.59. The number of Topliss-reactive ketones (excluding diaryl/α,β-unsaturated/α-hetero) is 1. The molecule has 174 valence electrons.